The lowest BCUT2D eigenvalue weighted by atomic mass is 9.77. The van der Waals surface area contributed by atoms with Gasteiger partial charge in [-0.05, 0) is 56.2 Å². The van der Waals surface area contributed by atoms with Crippen molar-refractivity contribution in [2.75, 3.05) is 32.1 Å². The minimum absolute atomic E-state index is 0.138. The maximum atomic E-state index is 13.4. The van der Waals surface area contributed by atoms with Crippen LogP contribution >= 0.6 is 0 Å². The zero-order valence-corrected chi connectivity index (χ0v) is 18.7. The molecule has 2 aromatic heterocycles. The van der Waals surface area contributed by atoms with Gasteiger partial charge in [0.05, 0.1) is 5.69 Å². The number of pyridine rings is 1. The van der Waals surface area contributed by atoms with Crippen LogP contribution in [0.3, 0.4) is 0 Å². The molecule has 0 N–H and O–H groups in total. The van der Waals surface area contributed by atoms with Gasteiger partial charge in [-0.15, -0.1) is 0 Å². The SMILES string of the molecule is CCc1c(C)cc(C(=O)N2CCCC3(CCc4cnc(N(C)C)nc43)C2)c(=O)n1C. The Hall–Kier alpha value is -2.70. The van der Waals surface area contributed by atoms with Gasteiger partial charge in [-0.2, -0.15) is 0 Å². The summed E-state index contributed by atoms with van der Waals surface area (Å²) in [6.45, 7) is 5.29. The van der Waals surface area contributed by atoms with Crippen molar-refractivity contribution in [1.82, 2.24) is 19.4 Å². The molecule has 7 nitrogen and oxygen atoms in total. The lowest BCUT2D eigenvalue weighted by Gasteiger charge is -2.40. The molecule has 1 unspecified atom stereocenters. The van der Waals surface area contributed by atoms with Gasteiger partial charge in [0, 0.05) is 51.5 Å². The van der Waals surface area contributed by atoms with Gasteiger partial charge in [-0.1, -0.05) is 6.92 Å². The summed E-state index contributed by atoms with van der Waals surface area (Å²) in [7, 11) is 5.64. The van der Waals surface area contributed by atoms with Crippen LogP contribution in [0.1, 0.15) is 59.1 Å². The number of carbonyl (C=O) groups excluding carboxylic acids is 1. The van der Waals surface area contributed by atoms with Crippen LogP contribution in [0, 0.1) is 6.92 Å². The monoisotopic (exact) mass is 409 g/mol. The average molecular weight is 410 g/mol. The van der Waals surface area contributed by atoms with E-state index >= 15 is 0 Å². The molecule has 2 aromatic rings. The molecule has 160 valence electrons. The summed E-state index contributed by atoms with van der Waals surface area (Å²) in [5, 5.41) is 0. The van der Waals surface area contributed by atoms with Crippen LogP contribution in [0.2, 0.25) is 0 Å². The summed E-state index contributed by atoms with van der Waals surface area (Å²) < 4.78 is 1.63. The first-order valence-electron chi connectivity index (χ1n) is 10.8. The number of aromatic nitrogens is 3. The van der Waals surface area contributed by atoms with E-state index < -0.39 is 0 Å². The fraction of sp³-hybridized carbons (Fsp3) is 0.565. The number of aryl methyl sites for hydroxylation is 2. The van der Waals surface area contributed by atoms with Crippen LogP contribution in [0.15, 0.2) is 17.1 Å². The number of nitrogens with zero attached hydrogens (tertiary/aromatic N) is 5. The first-order chi connectivity index (χ1) is 14.3. The lowest BCUT2D eigenvalue weighted by Crippen LogP contribution is -2.49. The Balaban J connectivity index is 1.68. The molecule has 0 radical (unpaired) electrons. The van der Waals surface area contributed by atoms with Gasteiger partial charge in [0.1, 0.15) is 5.56 Å². The standard InChI is InChI=1S/C23H31N5O2/c1-6-18-15(2)12-17(20(29)27(18)5)21(30)28-11-7-9-23(14-28)10-8-16-13-24-22(26(3)4)25-19(16)23/h12-13H,6-11,14H2,1-5H3. The summed E-state index contributed by atoms with van der Waals surface area (Å²) in [4.78, 5) is 39.5. The van der Waals surface area contributed by atoms with E-state index in [1.54, 1.807) is 17.7 Å². The number of hydrogen-bond donors (Lipinski definition) is 0. The van der Waals surface area contributed by atoms with E-state index in [1.165, 1.54) is 5.56 Å². The normalized spacial score (nSPS) is 20.5. The second-order valence-electron chi connectivity index (χ2n) is 8.95. The predicted molar refractivity (Wildman–Crippen MR) is 117 cm³/mol. The van der Waals surface area contributed by atoms with E-state index in [-0.39, 0.29) is 22.4 Å². The zero-order chi connectivity index (χ0) is 21.6. The average Bonchev–Trinajstić information content (AvgIpc) is 3.07. The molecule has 4 rings (SSSR count). The Labute approximate surface area is 177 Å². The molecule has 30 heavy (non-hydrogen) atoms. The smallest absolute Gasteiger partial charge is 0.263 e. The quantitative estimate of drug-likeness (QED) is 0.777. The molecule has 3 heterocycles. The second kappa shape index (κ2) is 7.52. The summed E-state index contributed by atoms with van der Waals surface area (Å²) in [6.07, 6.45) is 6.55. The maximum Gasteiger partial charge on any atom is 0.263 e. The van der Waals surface area contributed by atoms with Crippen molar-refractivity contribution in [1.29, 1.82) is 0 Å². The van der Waals surface area contributed by atoms with E-state index in [4.69, 9.17) is 4.98 Å². The maximum absolute atomic E-state index is 13.4. The van der Waals surface area contributed by atoms with Crippen molar-refractivity contribution in [2.45, 2.75) is 51.4 Å². The van der Waals surface area contributed by atoms with Crippen molar-refractivity contribution in [2.24, 2.45) is 7.05 Å². The Kier molecular flexibility index (Phi) is 5.16. The van der Waals surface area contributed by atoms with Crippen molar-refractivity contribution in [3.8, 4) is 0 Å². The van der Waals surface area contributed by atoms with E-state index in [0.29, 0.717) is 19.0 Å². The number of piperidine rings is 1. The number of carbonyl (C=O) groups is 1. The molecule has 1 fully saturated rings. The molecule has 0 bridgehead atoms. The number of anilines is 1. The molecular weight excluding hydrogens is 378 g/mol. The molecule has 1 spiro atoms. The number of likely N-dealkylation sites (tertiary alicyclic amines) is 1. The fourth-order valence-corrected chi connectivity index (χ4v) is 5.22. The highest BCUT2D eigenvalue weighted by atomic mass is 16.2. The van der Waals surface area contributed by atoms with Gasteiger partial charge in [0.15, 0.2) is 0 Å². The van der Waals surface area contributed by atoms with Crippen LogP contribution in [-0.4, -0.2) is 52.5 Å². The van der Waals surface area contributed by atoms with Crippen molar-refractivity contribution in [3.05, 3.63) is 50.7 Å². The molecule has 7 heteroatoms. The van der Waals surface area contributed by atoms with E-state index in [9.17, 15) is 9.59 Å². The van der Waals surface area contributed by atoms with Crippen LogP contribution in [0.4, 0.5) is 5.95 Å². The summed E-state index contributed by atoms with van der Waals surface area (Å²) in [5.41, 5.74) is 4.18. The molecule has 1 amide bonds. The Morgan fingerprint density at radius 3 is 2.77 bits per heavy atom. The van der Waals surface area contributed by atoms with Gasteiger partial charge in [0.2, 0.25) is 5.95 Å². The number of hydrogen-bond acceptors (Lipinski definition) is 5. The van der Waals surface area contributed by atoms with Gasteiger partial charge in [0.25, 0.3) is 11.5 Å². The van der Waals surface area contributed by atoms with Crippen LogP contribution in [0.25, 0.3) is 0 Å². The van der Waals surface area contributed by atoms with E-state index in [0.717, 1.165) is 49.1 Å². The Morgan fingerprint density at radius 2 is 2.07 bits per heavy atom. The van der Waals surface area contributed by atoms with Gasteiger partial charge >= 0.3 is 0 Å². The third kappa shape index (κ3) is 3.20. The van der Waals surface area contributed by atoms with Gasteiger partial charge in [-0.3, -0.25) is 9.59 Å². The number of fused-ring (bicyclic) bond motifs is 2. The molecule has 1 aliphatic heterocycles. The molecule has 1 saturated heterocycles. The molecule has 2 aliphatic rings. The largest absolute Gasteiger partial charge is 0.347 e. The zero-order valence-electron chi connectivity index (χ0n) is 18.7. The minimum Gasteiger partial charge on any atom is -0.347 e. The highest BCUT2D eigenvalue weighted by Gasteiger charge is 2.45. The number of amides is 1. The minimum atomic E-state index is -0.203. The first kappa shape index (κ1) is 20.6. The Morgan fingerprint density at radius 1 is 1.30 bits per heavy atom. The van der Waals surface area contributed by atoms with Gasteiger partial charge in [-0.25, -0.2) is 9.97 Å². The van der Waals surface area contributed by atoms with E-state index in [1.807, 2.05) is 43.9 Å². The molecule has 1 atom stereocenters. The highest BCUT2D eigenvalue weighted by Crippen LogP contribution is 2.44. The summed E-state index contributed by atoms with van der Waals surface area (Å²) in [6, 6.07) is 1.78. The molecule has 0 aromatic carbocycles. The fourth-order valence-electron chi connectivity index (χ4n) is 5.22. The number of rotatable bonds is 3. The van der Waals surface area contributed by atoms with E-state index in [2.05, 4.69) is 4.98 Å². The van der Waals surface area contributed by atoms with Crippen LogP contribution in [0.5, 0.6) is 0 Å². The predicted octanol–water partition coefficient (Wildman–Crippen LogP) is 2.23. The molecule has 0 saturated carbocycles. The van der Waals surface area contributed by atoms with Crippen LogP contribution in [-0.2, 0) is 25.3 Å². The third-order valence-electron chi connectivity index (χ3n) is 6.81. The first-order valence-corrected chi connectivity index (χ1v) is 10.8. The summed E-state index contributed by atoms with van der Waals surface area (Å²) >= 11 is 0. The highest BCUT2D eigenvalue weighted by molar-refractivity contribution is 5.94. The third-order valence-corrected chi connectivity index (χ3v) is 6.81. The van der Waals surface area contributed by atoms with Gasteiger partial charge < -0.3 is 14.4 Å². The van der Waals surface area contributed by atoms with Crippen LogP contribution < -0.4 is 10.5 Å². The molecular formula is C23H31N5O2. The Bertz CT molecular complexity index is 1050. The molecule has 1 aliphatic carbocycles. The van der Waals surface area contributed by atoms with Crippen molar-refractivity contribution < 1.29 is 4.79 Å². The lowest BCUT2D eigenvalue weighted by molar-refractivity contribution is 0.0631. The van der Waals surface area contributed by atoms with Crippen molar-refractivity contribution in [3.63, 3.8) is 0 Å². The van der Waals surface area contributed by atoms with Crippen molar-refractivity contribution >= 4 is 11.9 Å². The summed E-state index contributed by atoms with van der Waals surface area (Å²) in [5.74, 6) is 0.550. The topological polar surface area (TPSA) is 71.3 Å². The second-order valence-corrected chi connectivity index (χ2v) is 8.95.